The van der Waals surface area contributed by atoms with Crippen LogP contribution >= 0.6 is 11.3 Å². The first-order valence-electron chi connectivity index (χ1n) is 5.84. The standard InChI is InChI=1S/C12H18N4S/c1-9(2)16-7-6-14-12(16)13-5-4-11-15-10(3)8-17-11/h6-9H,4-5H2,1-3H3,(H,13,14). The monoisotopic (exact) mass is 250 g/mol. The van der Waals surface area contributed by atoms with Crippen molar-refractivity contribution in [1.29, 1.82) is 0 Å². The Balaban J connectivity index is 1.88. The second-order valence-corrected chi connectivity index (χ2v) is 5.25. The third kappa shape index (κ3) is 3.06. The molecule has 0 atom stereocenters. The number of aryl methyl sites for hydroxylation is 1. The number of imidazole rings is 1. The van der Waals surface area contributed by atoms with Crippen LogP contribution in [-0.4, -0.2) is 21.1 Å². The Bertz CT molecular complexity index is 472. The first-order chi connectivity index (χ1) is 8.16. The van der Waals surface area contributed by atoms with Gasteiger partial charge in [0, 0.05) is 42.5 Å². The van der Waals surface area contributed by atoms with Crippen LogP contribution in [0.1, 0.15) is 30.6 Å². The number of anilines is 1. The quantitative estimate of drug-likeness (QED) is 0.887. The van der Waals surface area contributed by atoms with Gasteiger partial charge < -0.3 is 9.88 Å². The van der Waals surface area contributed by atoms with Crippen LogP contribution in [0.2, 0.25) is 0 Å². The molecule has 17 heavy (non-hydrogen) atoms. The SMILES string of the molecule is Cc1csc(CCNc2nccn2C(C)C)n1. The summed E-state index contributed by atoms with van der Waals surface area (Å²) in [4.78, 5) is 8.75. The lowest BCUT2D eigenvalue weighted by Gasteiger charge is -2.12. The highest BCUT2D eigenvalue weighted by atomic mass is 32.1. The van der Waals surface area contributed by atoms with Crippen molar-refractivity contribution in [3.63, 3.8) is 0 Å². The minimum atomic E-state index is 0.433. The summed E-state index contributed by atoms with van der Waals surface area (Å²) in [6, 6.07) is 0.433. The molecule has 0 aliphatic heterocycles. The third-order valence-corrected chi connectivity index (χ3v) is 3.54. The van der Waals surface area contributed by atoms with Gasteiger partial charge in [0.25, 0.3) is 0 Å². The highest BCUT2D eigenvalue weighted by Crippen LogP contribution is 2.13. The summed E-state index contributed by atoms with van der Waals surface area (Å²) in [5.41, 5.74) is 1.11. The van der Waals surface area contributed by atoms with Gasteiger partial charge >= 0.3 is 0 Å². The fraction of sp³-hybridized carbons (Fsp3) is 0.500. The normalized spacial score (nSPS) is 11.1. The molecule has 2 heterocycles. The van der Waals surface area contributed by atoms with Crippen molar-refractivity contribution in [1.82, 2.24) is 14.5 Å². The number of nitrogens with one attached hydrogen (secondary N) is 1. The molecule has 4 nitrogen and oxygen atoms in total. The molecule has 2 rings (SSSR count). The Hall–Kier alpha value is -1.36. The third-order valence-electron chi connectivity index (χ3n) is 2.51. The van der Waals surface area contributed by atoms with Crippen LogP contribution < -0.4 is 5.32 Å². The van der Waals surface area contributed by atoms with Crippen molar-refractivity contribution >= 4 is 17.3 Å². The van der Waals surface area contributed by atoms with E-state index in [0.717, 1.165) is 24.6 Å². The smallest absolute Gasteiger partial charge is 0.203 e. The lowest BCUT2D eigenvalue weighted by molar-refractivity contribution is 0.604. The van der Waals surface area contributed by atoms with Crippen LogP contribution in [0.25, 0.3) is 0 Å². The Morgan fingerprint density at radius 1 is 1.47 bits per heavy atom. The van der Waals surface area contributed by atoms with Crippen molar-refractivity contribution in [3.8, 4) is 0 Å². The lowest BCUT2D eigenvalue weighted by atomic mass is 10.4. The summed E-state index contributed by atoms with van der Waals surface area (Å²) < 4.78 is 2.13. The number of nitrogens with zero attached hydrogens (tertiary/aromatic N) is 3. The second-order valence-electron chi connectivity index (χ2n) is 4.31. The first-order valence-corrected chi connectivity index (χ1v) is 6.72. The van der Waals surface area contributed by atoms with Gasteiger partial charge in [-0.3, -0.25) is 0 Å². The van der Waals surface area contributed by atoms with Crippen LogP contribution in [-0.2, 0) is 6.42 Å². The number of rotatable bonds is 5. The van der Waals surface area contributed by atoms with Crippen LogP contribution in [0.3, 0.4) is 0 Å². The summed E-state index contributed by atoms with van der Waals surface area (Å²) in [5.74, 6) is 0.938. The Labute approximate surface area is 106 Å². The molecule has 1 N–H and O–H groups in total. The molecule has 0 fully saturated rings. The van der Waals surface area contributed by atoms with E-state index in [1.54, 1.807) is 11.3 Å². The molecule has 0 amide bonds. The summed E-state index contributed by atoms with van der Waals surface area (Å²) in [5, 5.41) is 6.62. The molecule has 0 radical (unpaired) electrons. The van der Waals surface area contributed by atoms with Gasteiger partial charge in [-0.15, -0.1) is 11.3 Å². The molecule has 0 saturated carbocycles. The van der Waals surface area contributed by atoms with Gasteiger partial charge in [-0.25, -0.2) is 9.97 Å². The minimum Gasteiger partial charge on any atom is -0.355 e. The lowest BCUT2D eigenvalue weighted by Crippen LogP contribution is -2.11. The minimum absolute atomic E-state index is 0.433. The fourth-order valence-corrected chi connectivity index (χ4v) is 2.44. The molecule has 0 aromatic carbocycles. The molecule has 0 aliphatic carbocycles. The van der Waals surface area contributed by atoms with Crippen molar-refractivity contribution in [2.24, 2.45) is 0 Å². The summed E-state index contributed by atoms with van der Waals surface area (Å²) in [6.07, 6.45) is 4.78. The molecule has 2 aromatic rings. The highest BCUT2D eigenvalue weighted by molar-refractivity contribution is 7.09. The van der Waals surface area contributed by atoms with Crippen LogP contribution in [0.5, 0.6) is 0 Å². The Kier molecular flexibility index (Phi) is 3.78. The van der Waals surface area contributed by atoms with Crippen molar-refractivity contribution in [3.05, 3.63) is 28.5 Å². The fourth-order valence-electron chi connectivity index (χ4n) is 1.67. The maximum Gasteiger partial charge on any atom is 0.203 e. The predicted molar refractivity (Wildman–Crippen MR) is 71.7 cm³/mol. The maximum absolute atomic E-state index is 4.44. The summed E-state index contributed by atoms with van der Waals surface area (Å²) in [6.45, 7) is 7.20. The van der Waals surface area contributed by atoms with Crippen molar-refractivity contribution < 1.29 is 0 Å². The number of hydrogen-bond acceptors (Lipinski definition) is 4. The van der Waals surface area contributed by atoms with Crippen molar-refractivity contribution in [2.45, 2.75) is 33.2 Å². The van der Waals surface area contributed by atoms with E-state index in [-0.39, 0.29) is 0 Å². The number of aromatic nitrogens is 3. The largest absolute Gasteiger partial charge is 0.355 e. The molecule has 2 aromatic heterocycles. The number of hydrogen-bond donors (Lipinski definition) is 1. The zero-order valence-electron chi connectivity index (χ0n) is 10.5. The molecular weight excluding hydrogens is 232 g/mol. The van der Waals surface area contributed by atoms with E-state index in [0.29, 0.717) is 6.04 Å². The van der Waals surface area contributed by atoms with E-state index in [1.165, 1.54) is 5.01 Å². The average Bonchev–Trinajstić information content (AvgIpc) is 2.87. The van der Waals surface area contributed by atoms with Crippen LogP contribution in [0.15, 0.2) is 17.8 Å². The molecule has 0 bridgehead atoms. The van der Waals surface area contributed by atoms with Crippen LogP contribution in [0.4, 0.5) is 5.95 Å². The van der Waals surface area contributed by atoms with Gasteiger partial charge in [0.05, 0.1) is 5.01 Å². The summed E-state index contributed by atoms with van der Waals surface area (Å²) in [7, 11) is 0. The van der Waals surface area contributed by atoms with Crippen LogP contribution in [0, 0.1) is 6.92 Å². The van der Waals surface area contributed by atoms with Gasteiger partial charge in [0.2, 0.25) is 5.95 Å². The average molecular weight is 250 g/mol. The highest BCUT2D eigenvalue weighted by Gasteiger charge is 2.05. The molecule has 0 spiro atoms. The van der Waals surface area contributed by atoms with Crippen molar-refractivity contribution in [2.75, 3.05) is 11.9 Å². The Morgan fingerprint density at radius 2 is 2.29 bits per heavy atom. The van der Waals surface area contributed by atoms with E-state index >= 15 is 0 Å². The predicted octanol–water partition coefficient (Wildman–Crippen LogP) is 2.88. The molecule has 92 valence electrons. The molecule has 0 aliphatic rings. The van der Waals surface area contributed by atoms with Gasteiger partial charge in [-0.1, -0.05) is 0 Å². The zero-order chi connectivity index (χ0) is 12.3. The number of thiazole rings is 1. The summed E-state index contributed by atoms with van der Waals surface area (Å²) >= 11 is 1.72. The van der Waals surface area contributed by atoms with Gasteiger partial charge in [-0.05, 0) is 20.8 Å². The zero-order valence-corrected chi connectivity index (χ0v) is 11.3. The van der Waals surface area contributed by atoms with E-state index in [1.807, 2.05) is 19.3 Å². The van der Waals surface area contributed by atoms with E-state index < -0.39 is 0 Å². The molecular formula is C12H18N4S. The van der Waals surface area contributed by atoms with Gasteiger partial charge in [0.15, 0.2) is 0 Å². The topological polar surface area (TPSA) is 42.7 Å². The van der Waals surface area contributed by atoms with Gasteiger partial charge in [0.1, 0.15) is 0 Å². The maximum atomic E-state index is 4.44. The molecule has 5 heteroatoms. The van der Waals surface area contributed by atoms with E-state index in [4.69, 9.17) is 0 Å². The van der Waals surface area contributed by atoms with Gasteiger partial charge in [-0.2, -0.15) is 0 Å². The Morgan fingerprint density at radius 3 is 2.94 bits per heavy atom. The molecule has 0 saturated heterocycles. The first kappa shape index (κ1) is 12.1. The van der Waals surface area contributed by atoms with E-state index in [9.17, 15) is 0 Å². The second kappa shape index (κ2) is 5.31. The van der Waals surface area contributed by atoms with E-state index in [2.05, 4.69) is 39.1 Å². The molecule has 0 unspecified atom stereocenters.